The van der Waals surface area contributed by atoms with Gasteiger partial charge in [-0.25, -0.2) is 4.39 Å². The van der Waals surface area contributed by atoms with Crippen molar-refractivity contribution in [2.45, 2.75) is 37.2 Å². The Bertz CT molecular complexity index is 1110. The molecule has 1 saturated heterocycles. The highest BCUT2D eigenvalue weighted by Crippen LogP contribution is 2.50. The molecule has 4 rings (SSSR count). The van der Waals surface area contributed by atoms with Crippen molar-refractivity contribution in [1.82, 2.24) is 4.90 Å². The second-order valence-electron chi connectivity index (χ2n) is 8.03. The third-order valence-electron chi connectivity index (χ3n) is 5.91. The summed E-state index contributed by atoms with van der Waals surface area (Å²) in [6.07, 6.45) is -5.19. The largest absolute Gasteiger partial charge is 0.435 e. The number of hydrogen-bond acceptors (Lipinski definition) is 3. The van der Waals surface area contributed by atoms with Crippen LogP contribution in [0, 0.1) is 0 Å². The zero-order chi connectivity index (χ0) is 24.2. The normalized spacial score (nSPS) is 21.9. The summed E-state index contributed by atoms with van der Waals surface area (Å²) in [6.45, 7) is 1.59. The summed E-state index contributed by atoms with van der Waals surface area (Å²) in [6, 6.07) is 8.04. The van der Waals surface area contributed by atoms with Crippen LogP contribution in [0.1, 0.15) is 36.5 Å². The molecule has 1 fully saturated rings. The first-order valence-corrected chi connectivity index (χ1v) is 11.1. The Morgan fingerprint density at radius 1 is 1.09 bits per heavy atom. The van der Waals surface area contributed by atoms with E-state index in [4.69, 9.17) is 39.6 Å². The van der Waals surface area contributed by atoms with Gasteiger partial charge in [0.05, 0.1) is 33.9 Å². The lowest BCUT2D eigenvalue weighted by atomic mass is 9.84. The average molecular weight is 524 g/mol. The molecule has 2 heterocycles. The van der Waals surface area contributed by atoms with Gasteiger partial charge in [-0.15, -0.1) is 0 Å². The Morgan fingerprint density at radius 2 is 1.67 bits per heavy atom. The molecule has 0 N–H and O–H groups in total. The number of rotatable bonds is 4. The Hall–Kier alpha value is -2.03. The summed E-state index contributed by atoms with van der Waals surface area (Å²) < 4.78 is 57.6. The Morgan fingerprint density at radius 3 is 2.18 bits per heavy atom. The average Bonchev–Trinajstić information content (AvgIpc) is 3.21. The molecule has 0 saturated carbocycles. The zero-order valence-electron chi connectivity index (χ0n) is 17.1. The van der Waals surface area contributed by atoms with Crippen molar-refractivity contribution in [2.24, 2.45) is 5.16 Å². The van der Waals surface area contributed by atoms with Gasteiger partial charge in [0.25, 0.3) is 5.60 Å². The van der Waals surface area contributed by atoms with Crippen LogP contribution in [0.15, 0.2) is 41.6 Å². The molecule has 2 aliphatic heterocycles. The summed E-state index contributed by atoms with van der Waals surface area (Å²) in [5, 5.41) is 3.33. The molecule has 176 valence electrons. The van der Waals surface area contributed by atoms with Gasteiger partial charge in [0.2, 0.25) is 5.91 Å². The molecule has 0 spiro atoms. The van der Waals surface area contributed by atoms with Crippen LogP contribution >= 0.6 is 34.8 Å². The first-order chi connectivity index (χ1) is 15.4. The van der Waals surface area contributed by atoms with Gasteiger partial charge in [0.1, 0.15) is 0 Å². The molecule has 2 aromatic carbocycles. The lowest BCUT2D eigenvalue weighted by Crippen LogP contribution is -2.58. The van der Waals surface area contributed by atoms with E-state index in [9.17, 15) is 18.0 Å². The molecular formula is C22H17Cl3F4N2O2. The quantitative estimate of drug-likeness (QED) is 0.333. The minimum Gasteiger partial charge on any atom is -0.374 e. The maximum atomic E-state index is 15.1. The van der Waals surface area contributed by atoms with Crippen LogP contribution < -0.4 is 0 Å². The van der Waals surface area contributed by atoms with Gasteiger partial charge in [0, 0.05) is 18.4 Å². The molecule has 0 bridgehead atoms. The summed E-state index contributed by atoms with van der Waals surface area (Å²) in [4.78, 5) is 18.1. The molecule has 0 aliphatic carbocycles. The van der Waals surface area contributed by atoms with Crippen molar-refractivity contribution < 1.29 is 27.2 Å². The van der Waals surface area contributed by atoms with Gasteiger partial charge < -0.3 is 9.74 Å². The summed E-state index contributed by atoms with van der Waals surface area (Å²) in [5.74, 6) is -0.136. The molecule has 0 aromatic heterocycles. The number of amides is 1. The van der Waals surface area contributed by atoms with E-state index in [-0.39, 0.29) is 45.3 Å². The van der Waals surface area contributed by atoms with Gasteiger partial charge in [-0.3, -0.25) is 4.79 Å². The van der Waals surface area contributed by atoms with E-state index in [0.717, 1.165) is 12.1 Å². The number of hydrogen-bond donors (Lipinski definition) is 0. The number of benzene rings is 2. The van der Waals surface area contributed by atoms with Crippen LogP contribution in [0.25, 0.3) is 0 Å². The van der Waals surface area contributed by atoms with Gasteiger partial charge >= 0.3 is 6.18 Å². The SMILES string of the molecule is CCC(=O)N1CC(F)(c2ccc(C3=NOC(c4cc(Cl)c(Cl)c(Cl)c4)(C(F)(F)F)C3)cc2)C1. The van der Waals surface area contributed by atoms with E-state index in [0.29, 0.717) is 17.5 Å². The van der Waals surface area contributed by atoms with Crippen LogP contribution in [-0.4, -0.2) is 35.8 Å². The molecular weight excluding hydrogens is 507 g/mol. The predicted molar refractivity (Wildman–Crippen MR) is 118 cm³/mol. The van der Waals surface area contributed by atoms with Crippen molar-refractivity contribution in [1.29, 1.82) is 0 Å². The molecule has 0 radical (unpaired) electrons. The van der Waals surface area contributed by atoms with Crippen molar-refractivity contribution in [3.05, 3.63) is 68.2 Å². The fourth-order valence-electron chi connectivity index (χ4n) is 3.95. The van der Waals surface area contributed by atoms with E-state index in [1.54, 1.807) is 6.92 Å². The van der Waals surface area contributed by atoms with Crippen LogP contribution in [0.4, 0.5) is 17.6 Å². The maximum Gasteiger partial charge on any atom is 0.435 e. The number of halogens is 7. The number of likely N-dealkylation sites (tertiary alicyclic amines) is 1. The van der Waals surface area contributed by atoms with Gasteiger partial charge in [-0.05, 0) is 23.3 Å². The summed E-state index contributed by atoms with van der Waals surface area (Å²) in [5.41, 5.74) is -4.10. The second-order valence-corrected chi connectivity index (χ2v) is 9.22. The van der Waals surface area contributed by atoms with E-state index >= 15 is 4.39 Å². The number of nitrogens with zero attached hydrogens (tertiary/aromatic N) is 2. The number of carbonyl (C=O) groups excluding carboxylic acids is 1. The maximum absolute atomic E-state index is 15.1. The minimum atomic E-state index is -4.84. The molecule has 4 nitrogen and oxygen atoms in total. The molecule has 33 heavy (non-hydrogen) atoms. The van der Waals surface area contributed by atoms with E-state index in [2.05, 4.69) is 5.16 Å². The highest BCUT2D eigenvalue weighted by molar-refractivity contribution is 6.48. The summed E-state index contributed by atoms with van der Waals surface area (Å²) >= 11 is 17.8. The zero-order valence-corrected chi connectivity index (χ0v) is 19.4. The Kier molecular flexibility index (Phi) is 6.08. The molecule has 1 unspecified atom stereocenters. The Balaban J connectivity index is 1.58. The highest BCUT2D eigenvalue weighted by Gasteiger charge is 2.62. The lowest BCUT2D eigenvalue weighted by molar-refractivity contribution is -0.275. The predicted octanol–water partition coefficient (Wildman–Crippen LogP) is 6.65. The number of oxime groups is 1. The van der Waals surface area contributed by atoms with E-state index < -0.39 is 23.9 Å². The van der Waals surface area contributed by atoms with E-state index in [1.165, 1.54) is 29.2 Å². The second kappa shape index (κ2) is 8.32. The molecule has 1 atom stereocenters. The fraction of sp³-hybridized carbons (Fsp3) is 0.364. The van der Waals surface area contributed by atoms with Crippen molar-refractivity contribution in [3.8, 4) is 0 Å². The molecule has 2 aromatic rings. The lowest BCUT2D eigenvalue weighted by Gasteiger charge is -2.44. The highest BCUT2D eigenvalue weighted by atomic mass is 35.5. The molecule has 11 heteroatoms. The number of alkyl halides is 4. The first-order valence-electron chi connectivity index (χ1n) is 9.94. The topological polar surface area (TPSA) is 41.9 Å². The fourth-order valence-corrected chi connectivity index (χ4v) is 4.55. The van der Waals surface area contributed by atoms with Gasteiger partial charge in [0.15, 0.2) is 5.67 Å². The third kappa shape index (κ3) is 4.06. The molecule has 1 amide bonds. The number of carbonyl (C=O) groups is 1. The van der Waals surface area contributed by atoms with Crippen molar-refractivity contribution in [3.63, 3.8) is 0 Å². The smallest absolute Gasteiger partial charge is 0.374 e. The Labute approximate surface area is 202 Å². The van der Waals surface area contributed by atoms with Crippen molar-refractivity contribution in [2.75, 3.05) is 13.1 Å². The molecule has 2 aliphatic rings. The third-order valence-corrected chi connectivity index (χ3v) is 7.11. The van der Waals surface area contributed by atoms with Crippen molar-refractivity contribution >= 4 is 46.4 Å². The van der Waals surface area contributed by atoms with Crippen LogP contribution in [0.5, 0.6) is 0 Å². The van der Waals surface area contributed by atoms with Gasteiger partial charge in [-0.1, -0.05) is 71.1 Å². The van der Waals surface area contributed by atoms with Crippen LogP contribution in [0.2, 0.25) is 15.1 Å². The minimum absolute atomic E-state index is 0.0328. The monoisotopic (exact) mass is 522 g/mol. The van der Waals surface area contributed by atoms with Gasteiger partial charge in [-0.2, -0.15) is 13.2 Å². The summed E-state index contributed by atoms with van der Waals surface area (Å²) in [7, 11) is 0. The van der Waals surface area contributed by atoms with E-state index in [1.807, 2.05) is 0 Å². The first kappa shape index (κ1) is 24.1. The van der Waals surface area contributed by atoms with Crippen LogP contribution in [0.3, 0.4) is 0 Å². The van der Waals surface area contributed by atoms with Crippen LogP contribution in [-0.2, 0) is 20.9 Å². The standard InChI is InChI=1S/C22H17Cl3F4N2O2/c1-2-18(32)31-10-20(26,11-31)13-5-3-12(4-6-13)17-9-21(33-30-17,22(27,28)29)14-7-15(23)19(25)16(24)8-14/h3-8H,2,9-11H2,1H3.